The smallest absolute Gasteiger partial charge is 0.339 e. The van der Waals surface area contributed by atoms with Crippen molar-refractivity contribution < 1.29 is 27.9 Å². The van der Waals surface area contributed by atoms with E-state index in [4.69, 9.17) is 16.3 Å². The van der Waals surface area contributed by atoms with E-state index in [1.807, 2.05) is 0 Å². The zero-order chi connectivity index (χ0) is 21.7. The lowest BCUT2D eigenvalue weighted by Gasteiger charge is -2.10. The molecule has 0 fully saturated rings. The van der Waals surface area contributed by atoms with Crippen LogP contribution in [0.5, 0.6) is 0 Å². The standard InChI is InChI=1S/C22H14ClF2NO4/c23-14-7-5-13(6-8-14)21(28)16-3-1-2-4-17(16)22(29)30-12-20(27)26-15-9-10-18(24)19(25)11-15/h1-11H,12H2,(H,26,27). The summed E-state index contributed by atoms with van der Waals surface area (Å²) in [5, 5.41) is 2.75. The lowest BCUT2D eigenvalue weighted by Crippen LogP contribution is -2.22. The summed E-state index contributed by atoms with van der Waals surface area (Å²) < 4.78 is 31.1. The second-order valence-corrected chi connectivity index (χ2v) is 6.57. The summed E-state index contributed by atoms with van der Waals surface area (Å²) in [6.07, 6.45) is 0. The predicted molar refractivity (Wildman–Crippen MR) is 107 cm³/mol. The summed E-state index contributed by atoms with van der Waals surface area (Å²) >= 11 is 5.83. The Balaban J connectivity index is 1.68. The molecule has 0 aliphatic carbocycles. The van der Waals surface area contributed by atoms with E-state index in [1.54, 1.807) is 24.3 Å². The molecule has 0 heterocycles. The largest absolute Gasteiger partial charge is 0.452 e. The minimum atomic E-state index is -1.13. The highest BCUT2D eigenvalue weighted by Gasteiger charge is 2.20. The van der Waals surface area contributed by atoms with Gasteiger partial charge in [0, 0.05) is 27.9 Å². The molecule has 3 rings (SSSR count). The fourth-order valence-corrected chi connectivity index (χ4v) is 2.72. The van der Waals surface area contributed by atoms with Crippen molar-refractivity contribution in [2.45, 2.75) is 0 Å². The number of anilines is 1. The zero-order valence-electron chi connectivity index (χ0n) is 15.3. The number of esters is 1. The van der Waals surface area contributed by atoms with Gasteiger partial charge in [0.2, 0.25) is 0 Å². The molecule has 0 saturated heterocycles. The fourth-order valence-electron chi connectivity index (χ4n) is 2.60. The topological polar surface area (TPSA) is 72.5 Å². The van der Waals surface area contributed by atoms with Crippen molar-refractivity contribution in [3.8, 4) is 0 Å². The maximum Gasteiger partial charge on any atom is 0.339 e. The Morgan fingerprint density at radius 2 is 1.53 bits per heavy atom. The Morgan fingerprint density at radius 3 is 2.20 bits per heavy atom. The number of nitrogens with one attached hydrogen (secondary N) is 1. The Bertz CT molecular complexity index is 1120. The molecule has 0 radical (unpaired) electrons. The Hall–Kier alpha value is -3.58. The first kappa shape index (κ1) is 21.1. The third-order valence-corrected chi connectivity index (χ3v) is 4.29. The van der Waals surface area contributed by atoms with Crippen LogP contribution in [0.15, 0.2) is 66.7 Å². The average molecular weight is 430 g/mol. The molecule has 0 bridgehead atoms. The summed E-state index contributed by atoms with van der Waals surface area (Å²) in [6.45, 7) is -0.679. The Labute approximate surface area is 175 Å². The molecular weight excluding hydrogens is 416 g/mol. The van der Waals surface area contributed by atoms with Crippen molar-refractivity contribution in [2.24, 2.45) is 0 Å². The van der Waals surface area contributed by atoms with Crippen molar-refractivity contribution in [3.63, 3.8) is 0 Å². The molecule has 3 aromatic carbocycles. The molecule has 5 nitrogen and oxygen atoms in total. The highest BCUT2D eigenvalue weighted by atomic mass is 35.5. The molecule has 1 N–H and O–H groups in total. The SMILES string of the molecule is O=C(COC(=O)c1ccccc1C(=O)c1ccc(Cl)cc1)Nc1ccc(F)c(F)c1. The highest BCUT2D eigenvalue weighted by Crippen LogP contribution is 2.18. The van der Waals surface area contributed by atoms with Gasteiger partial charge in [-0.3, -0.25) is 9.59 Å². The van der Waals surface area contributed by atoms with E-state index in [2.05, 4.69) is 5.32 Å². The van der Waals surface area contributed by atoms with E-state index in [0.29, 0.717) is 10.6 Å². The van der Waals surface area contributed by atoms with Gasteiger partial charge in [-0.1, -0.05) is 29.8 Å². The molecule has 30 heavy (non-hydrogen) atoms. The summed E-state index contributed by atoms with van der Waals surface area (Å²) in [4.78, 5) is 37.1. The number of hydrogen-bond acceptors (Lipinski definition) is 4. The molecule has 0 atom stereocenters. The number of rotatable bonds is 6. The number of carbonyl (C=O) groups excluding carboxylic acids is 3. The van der Waals surface area contributed by atoms with Gasteiger partial charge in [-0.15, -0.1) is 0 Å². The number of benzene rings is 3. The van der Waals surface area contributed by atoms with Crippen LogP contribution in [0.4, 0.5) is 14.5 Å². The van der Waals surface area contributed by atoms with Gasteiger partial charge in [0.05, 0.1) is 5.56 Å². The van der Waals surface area contributed by atoms with Crippen LogP contribution in [0.2, 0.25) is 5.02 Å². The van der Waals surface area contributed by atoms with Gasteiger partial charge in [0.15, 0.2) is 24.0 Å². The summed E-state index contributed by atoms with van der Waals surface area (Å²) in [6, 6.07) is 15.0. The first-order valence-electron chi connectivity index (χ1n) is 8.66. The first-order chi connectivity index (χ1) is 14.3. The van der Waals surface area contributed by atoms with E-state index in [0.717, 1.165) is 18.2 Å². The number of amides is 1. The van der Waals surface area contributed by atoms with Crippen LogP contribution in [0.1, 0.15) is 26.3 Å². The fraction of sp³-hybridized carbons (Fsp3) is 0.0455. The average Bonchev–Trinajstić information content (AvgIpc) is 2.74. The third-order valence-electron chi connectivity index (χ3n) is 4.04. The lowest BCUT2D eigenvalue weighted by atomic mass is 9.98. The molecular formula is C22H14ClF2NO4. The van der Waals surface area contributed by atoms with E-state index >= 15 is 0 Å². The van der Waals surface area contributed by atoms with Crippen LogP contribution >= 0.6 is 11.6 Å². The monoisotopic (exact) mass is 429 g/mol. The maximum atomic E-state index is 13.2. The molecule has 0 aliphatic heterocycles. The van der Waals surface area contributed by atoms with Crippen molar-refractivity contribution in [3.05, 3.63) is 100 Å². The summed E-state index contributed by atoms with van der Waals surface area (Å²) in [5.41, 5.74) is 0.424. The minimum absolute atomic E-state index is 0.00765. The molecule has 0 spiro atoms. The van der Waals surface area contributed by atoms with Gasteiger partial charge in [-0.2, -0.15) is 0 Å². The van der Waals surface area contributed by atoms with Crippen molar-refractivity contribution in [1.29, 1.82) is 0 Å². The third kappa shape index (κ3) is 5.07. The number of halogens is 3. The van der Waals surface area contributed by atoms with Crippen LogP contribution in [0.3, 0.4) is 0 Å². The van der Waals surface area contributed by atoms with Gasteiger partial charge in [0.1, 0.15) is 0 Å². The molecule has 0 aromatic heterocycles. The molecule has 3 aromatic rings. The predicted octanol–water partition coefficient (Wildman–Crippen LogP) is 4.64. The van der Waals surface area contributed by atoms with Gasteiger partial charge in [-0.25, -0.2) is 13.6 Å². The van der Waals surface area contributed by atoms with Gasteiger partial charge in [-0.05, 0) is 42.5 Å². The van der Waals surface area contributed by atoms with Crippen LogP contribution < -0.4 is 5.32 Å². The normalized spacial score (nSPS) is 10.4. The maximum absolute atomic E-state index is 13.2. The molecule has 152 valence electrons. The second-order valence-electron chi connectivity index (χ2n) is 6.13. The van der Waals surface area contributed by atoms with E-state index in [1.165, 1.54) is 24.3 Å². The minimum Gasteiger partial charge on any atom is -0.452 e. The molecule has 1 amide bonds. The number of carbonyl (C=O) groups is 3. The van der Waals surface area contributed by atoms with Crippen LogP contribution in [0.25, 0.3) is 0 Å². The second kappa shape index (κ2) is 9.28. The van der Waals surface area contributed by atoms with E-state index in [-0.39, 0.29) is 16.8 Å². The van der Waals surface area contributed by atoms with Crippen LogP contribution in [-0.2, 0) is 9.53 Å². The zero-order valence-corrected chi connectivity index (χ0v) is 16.1. The van der Waals surface area contributed by atoms with Crippen molar-refractivity contribution in [1.82, 2.24) is 0 Å². The quantitative estimate of drug-likeness (QED) is 0.457. The molecule has 0 saturated carbocycles. The number of hydrogen-bond donors (Lipinski definition) is 1. The van der Waals surface area contributed by atoms with Crippen molar-refractivity contribution in [2.75, 3.05) is 11.9 Å². The van der Waals surface area contributed by atoms with E-state index in [9.17, 15) is 23.2 Å². The summed E-state index contributed by atoms with van der Waals surface area (Å²) in [5.74, 6) is -4.23. The van der Waals surface area contributed by atoms with Crippen LogP contribution in [0, 0.1) is 11.6 Å². The summed E-state index contributed by atoms with van der Waals surface area (Å²) in [7, 11) is 0. The van der Waals surface area contributed by atoms with Crippen LogP contribution in [-0.4, -0.2) is 24.3 Å². The number of ketones is 1. The molecule has 0 aliphatic rings. The van der Waals surface area contributed by atoms with Gasteiger partial charge in [0.25, 0.3) is 5.91 Å². The highest BCUT2D eigenvalue weighted by molar-refractivity contribution is 6.30. The van der Waals surface area contributed by atoms with Crippen molar-refractivity contribution >= 4 is 34.9 Å². The Morgan fingerprint density at radius 1 is 0.867 bits per heavy atom. The lowest BCUT2D eigenvalue weighted by molar-refractivity contribution is -0.119. The molecule has 8 heteroatoms. The van der Waals surface area contributed by atoms with Gasteiger partial charge >= 0.3 is 5.97 Å². The number of ether oxygens (including phenoxy) is 1. The Kier molecular flexibility index (Phi) is 6.54. The first-order valence-corrected chi connectivity index (χ1v) is 9.04. The van der Waals surface area contributed by atoms with Gasteiger partial charge < -0.3 is 10.1 Å². The molecule has 0 unspecified atom stereocenters. The van der Waals surface area contributed by atoms with E-state index < -0.39 is 35.9 Å².